The van der Waals surface area contributed by atoms with Gasteiger partial charge in [-0.15, -0.1) is 0 Å². The Morgan fingerprint density at radius 3 is 2.67 bits per heavy atom. The summed E-state index contributed by atoms with van der Waals surface area (Å²) in [5.74, 6) is -0.152. The molecule has 0 radical (unpaired) electrons. The molecule has 124 valence electrons. The first kappa shape index (κ1) is 16.2. The average molecular weight is 323 g/mol. The second-order valence-electron chi connectivity index (χ2n) is 6.10. The SMILES string of the molecule is C[C@H](O)[C@H](CCc1ccc2ccccc2c1)c1nc(C(N)=O)c[nH]1. The number of fused-ring (bicyclic) bond motifs is 1. The molecule has 3 aromatic rings. The number of carbonyl (C=O) groups is 1. The lowest BCUT2D eigenvalue weighted by Crippen LogP contribution is -2.18. The molecule has 0 aliphatic carbocycles. The van der Waals surface area contributed by atoms with Crippen molar-refractivity contribution >= 4 is 16.7 Å². The molecule has 2 atom stereocenters. The van der Waals surface area contributed by atoms with Crippen LogP contribution in [0.5, 0.6) is 0 Å². The zero-order valence-corrected chi connectivity index (χ0v) is 13.6. The van der Waals surface area contributed by atoms with Gasteiger partial charge < -0.3 is 15.8 Å². The molecule has 5 nitrogen and oxygen atoms in total. The van der Waals surface area contributed by atoms with Crippen molar-refractivity contribution in [3.63, 3.8) is 0 Å². The third-order valence-corrected chi connectivity index (χ3v) is 4.34. The fraction of sp³-hybridized carbons (Fsp3) is 0.263. The molecular weight excluding hydrogens is 302 g/mol. The number of carbonyl (C=O) groups excluding carboxylic acids is 1. The Kier molecular flexibility index (Phi) is 4.62. The summed E-state index contributed by atoms with van der Waals surface area (Å²) < 4.78 is 0. The van der Waals surface area contributed by atoms with Gasteiger partial charge >= 0.3 is 0 Å². The van der Waals surface area contributed by atoms with E-state index in [9.17, 15) is 9.90 Å². The van der Waals surface area contributed by atoms with Crippen LogP contribution in [0.25, 0.3) is 10.8 Å². The molecular formula is C19H21N3O2. The number of benzene rings is 2. The van der Waals surface area contributed by atoms with Crippen molar-refractivity contribution in [3.8, 4) is 0 Å². The van der Waals surface area contributed by atoms with Gasteiger partial charge in [0.05, 0.1) is 6.10 Å². The minimum atomic E-state index is -0.573. The smallest absolute Gasteiger partial charge is 0.268 e. The molecule has 2 aromatic carbocycles. The van der Waals surface area contributed by atoms with Gasteiger partial charge in [0, 0.05) is 12.1 Å². The van der Waals surface area contributed by atoms with Crippen LogP contribution in [0.2, 0.25) is 0 Å². The molecule has 0 saturated heterocycles. The number of nitrogens with two attached hydrogens (primary N) is 1. The predicted octanol–water partition coefficient (Wildman–Crippen LogP) is 2.76. The van der Waals surface area contributed by atoms with E-state index in [0.29, 0.717) is 5.82 Å². The summed E-state index contributed by atoms with van der Waals surface area (Å²) in [7, 11) is 0. The Labute approximate surface area is 140 Å². The Morgan fingerprint density at radius 2 is 2.00 bits per heavy atom. The van der Waals surface area contributed by atoms with E-state index in [1.54, 1.807) is 6.92 Å². The predicted molar refractivity (Wildman–Crippen MR) is 93.8 cm³/mol. The summed E-state index contributed by atoms with van der Waals surface area (Å²) in [6.07, 6.45) is 2.45. The number of rotatable bonds is 6. The molecule has 0 saturated carbocycles. The number of primary amides is 1. The van der Waals surface area contributed by atoms with Crippen molar-refractivity contribution in [1.82, 2.24) is 9.97 Å². The summed E-state index contributed by atoms with van der Waals surface area (Å²) in [6.45, 7) is 1.73. The first-order chi connectivity index (χ1) is 11.5. The van der Waals surface area contributed by atoms with Crippen LogP contribution >= 0.6 is 0 Å². The zero-order valence-electron chi connectivity index (χ0n) is 13.6. The van der Waals surface area contributed by atoms with E-state index in [1.165, 1.54) is 22.5 Å². The average Bonchev–Trinajstić information content (AvgIpc) is 3.04. The van der Waals surface area contributed by atoms with Gasteiger partial charge in [-0.05, 0) is 36.1 Å². The number of aliphatic hydroxyl groups is 1. The minimum absolute atomic E-state index is 0.176. The lowest BCUT2D eigenvalue weighted by Gasteiger charge is -2.17. The lowest BCUT2D eigenvalue weighted by atomic mass is 9.93. The molecule has 5 heteroatoms. The van der Waals surface area contributed by atoms with Gasteiger partial charge in [0.1, 0.15) is 11.5 Å². The molecule has 4 N–H and O–H groups in total. The molecule has 0 bridgehead atoms. The number of aliphatic hydroxyl groups excluding tert-OH is 1. The van der Waals surface area contributed by atoms with E-state index in [1.807, 2.05) is 12.1 Å². The van der Waals surface area contributed by atoms with Crippen molar-refractivity contribution in [2.24, 2.45) is 5.73 Å². The number of H-pyrrole nitrogens is 1. The van der Waals surface area contributed by atoms with Crippen molar-refractivity contribution in [2.45, 2.75) is 31.8 Å². The molecule has 0 aliphatic rings. The van der Waals surface area contributed by atoms with E-state index >= 15 is 0 Å². The molecule has 0 spiro atoms. The Balaban J connectivity index is 1.76. The maximum Gasteiger partial charge on any atom is 0.268 e. The number of hydrogen-bond acceptors (Lipinski definition) is 3. The van der Waals surface area contributed by atoms with Crippen LogP contribution < -0.4 is 5.73 Å². The fourth-order valence-electron chi connectivity index (χ4n) is 2.98. The number of aromatic amines is 1. The van der Waals surface area contributed by atoms with Crippen molar-refractivity contribution in [2.75, 3.05) is 0 Å². The van der Waals surface area contributed by atoms with Crippen molar-refractivity contribution < 1.29 is 9.90 Å². The topological polar surface area (TPSA) is 92.0 Å². The molecule has 0 fully saturated rings. The van der Waals surface area contributed by atoms with Gasteiger partial charge in [0.15, 0.2) is 0 Å². The van der Waals surface area contributed by atoms with Gasteiger partial charge in [-0.1, -0.05) is 42.5 Å². The molecule has 1 heterocycles. The number of nitrogens with zero attached hydrogens (tertiary/aromatic N) is 1. The van der Waals surface area contributed by atoms with Crippen LogP contribution in [0.1, 0.15) is 41.1 Å². The highest BCUT2D eigenvalue weighted by Gasteiger charge is 2.21. The first-order valence-corrected chi connectivity index (χ1v) is 8.05. The summed E-state index contributed by atoms with van der Waals surface area (Å²) in [4.78, 5) is 18.4. The first-order valence-electron chi connectivity index (χ1n) is 8.05. The maximum atomic E-state index is 11.2. The van der Waals surface area contributed by atoms with Crippen LogP contribution in [0.15, 0.2) is 48.7 Å². The maximum absolute atomic E-state index is 11.2. The number of amides is 1. The quantitative estimate of drug-likeness (QED) is 0.651. The molecule has 0 aliphatic heterocycles. The van der Waals surface area contributed by atoms with E-state index in [4.69, 9.17) is 5.73 Å². The van der Waals surface area contributed by atoms with Crippen molar-refractivity contribution in [1.29, 1.82) is 0 Å². The fourth-order valence-corrected chi connectivity index (χ4v) is 2.98. The highest BCUT2D eigenvalue weighted by atomic mass is 16.3. The van der Waals surface area contributed by atoms with Crippen LogP contribution in [0.4, 0.5) is 0 Å². The second kappa shape index (κ2) is 6.84. The standard InChI is InChI=1S/C19H21N3O2/c1-12(23)16(19-21-11-17(22-19)18(20)24)9-7-13-6-8-14-4-2-3-5-15(14)10-13/h2-6,8,10-12,16,23H,7,9H2,1H3,(H2,20,24)(H,21,22)/t12-,16-/m0/s1. The number of hydrogen-bond donors (Lipinski definition) is 3. The van der Waals surface area contributed by atoms with Gasteiger partial charge in [0.25, 0.3) is 5.91 Å². The molecule has 0 unspecified atom stereocenters. The summed E-state index contributed by atoms with van der Waals surface area (Å²) >= 11 is 0. The summed E-state index contributed by atoms with van der Waals surface area (Å²) in [6, 6.07) is 14.6. The zero-order chi connectivity index (χ0) is 17.1. The molecule has 3 rings (SSSR count). The van der Waals surface area contributed by atoms with E-state index in [2.05, 4.69) is 40.3 Å². The number of nitrogens with one attached hydrogen (secondary N) is 1. The van der Waals surface area contributed by atoms with Crippen LogP contribution in [0, 0.1) is 0 Å². The highest BCUT2D eigenvalue weighted by molar-refractivity contribution is 5.90. The van der Waals surface area contributed by atoms with Crippen LogP contribution in [0.3, 0.4) is 0 Å². The Bertz CT molecular complexity index is 854. The van der Waals surface area contributed by atoms with Crippen molar-refractivity contribution in [3.05, 3.63) is 65.7 Å². The summed E-state index contributed by atoms with van der Waals surface area (Å²) in [5.41, 5.74) is 6.64. The normalized spacial score (nSPS) is 13.8. The van der Waals surface area contributed by atoms with Crippen LogP contribution in [-0.2, 0) is 6.42 Å². The van der Waals surface area contributed by atoms with Gasteiger partial charge in [-0.25, -0.2) is 4.98 Å². The van der Waals surface area contributed by atoms with Gasteiger partial charge in [-0.3, -0.25) is 4.79 Å². The number of aryl methyl sites for hydroxylation is 1. The third kappa shape index (κ3) is 3.46. The van der Waals surface area contributed by atoms with Crippen LogP contribution in [-0.4, -0.2) is 27.1 Å². The van der Waals surface area contributed by atoms with Gasteiger partial charge in [0.2, 0.25) is 0 Å². The van der Waals surface area contributed by atoms with E-state index in [-0.39, 0.29) is 11.6 Å². The molecule has 24 heavy (non-hydrogen) atoms. The number of imidazole rings is 1. The van der Waals surface area contributed by atoms with E-state index in [0.717, 1.165) is 12.8 Å². The Morgan fingerprint density at radius 1 is 1.25 bits per heavy atom. The summed E-state index contributed by atoms with van der Waals surface area (Å²) in [5, 5.41) is 12.5. The molecule has 1 aromatic heterocycles. The lowest BCUT2D eigenvalue weighted by molar-refractivity contribution is 0.0995. The van der Waals surface area contributed by atoms with Gasteiger partial charge in [-0.2, -0.15) is 0 Å². The van der Waals surface area contributed by atoms with E-state index < -0.39 is 12.0 Å². The minimum Gasteiger partial charge on any atom is -0.393 e. The number of aromatic nitrogens is 2. The Hall–Kier alpha value is -2.66. The highest BCUT2D eigenvalue weighted by Crippen LogP contribution is 2.24. The second-order valence-corrected chi connectivity index (χ2v) is 6.10. The largest absolute Gasteiger partial charge is 0.393 e. The molecule has 1 amide bonds. The monoisotopic (exact) mass is 323 g/mol. The third-order valence-electron chi connectivity index (χ3n) is 4.34.